The summed E-state index contributed by atoms with van der Waals surface area (Å²) in [5.41, 5.74) is 4.61. The minimum Gasteiger partial charge on any atom is -0.334 e. The number of hydrogen-bond acceptors (Lipinski definition) is 5. The van der Waals surface area contributed by atoms with Crippen molar-refractivity contribution in [2.75, 3.05) is 23.3 Å². The SMILES string of the molecule is CC(=O)Nc1ccc(C2=C(C)CCN(c3nnn(C)n3)C2)cc1. The van der Waals surface area contributed by atoms with Crippen LogP contribution in [0.4, 0.5) is 11.6 Å². The first-order valence-electron chi connectivity index (χ1n) is 7.58. The maximum Gasteiger partial charge on any atom is 0.266 e. The lowest BCUT2D eigenvalue weighted by molar-refractivity contribution is -0.114. The number of aromatic nitrogens is 4. The van der Waals surface area contributed by atoms with Gasteiger partial charge in [-0.25, -0.2) is 0 Å². The lowest BCUT2D eigenvalue weighted by atomic mass is 9.95. The molecule has 3 rings (SSSR count). The van der Waals surface area contributed by atoms with E-state index in [0.717, 1.165) is 30.8 Å². The Morgan fingerprint density at radius 3 is 2.61 bits per heavy atom. The minimum atomic E-state index is -0.0642. The van der Waals surface area contributed by atoms with E-state index < -0.39 is 0 Å². The van der Waals surface area contributed by atoms with Gasteiger partial charge in [0.1, 0.15) is 0 Å². The van der Waals surface area contributed by atoms with E-state index in [0.29, 0.717) is 5.95 Å². The molecular weight excluding hydrogens is 292 g/mol. The van der Waals surface area contributed by atoms with E-state index in [9.17, 15) is 4.79 Å². The summed E-state index contributed by atoms with van der Waals surface area (Å²) in [6.45, 7) is 5.33. The van der Waals surface area contributed by atoms with Crippen molar-refractivity contribution in [3.8, 4) is 0 Å². The monoisotopic (exact) mass is 312 g/mol. The van der Waals surface area contributed by atoms with Crippen LogP contribution in [0.1, 0.15) is 25.8 Å². The molecule has 0 spiro atoms. The maximum absolute atomic E-state index is 11.1. The number of carbonyl (C=O) groups is 1. The first-order valence-corrected chi connectivity index (χ1v) is 7.58. The van der Waals surface area contributed by atoms with Crippen molar-refractivity contribution in [1.29, 1.82) is 0 Å². The number of rotatable bonds is 3. The third-order valence-electron chi connectivity index (χ3n) is 3.96. The molecule has 120 valence electrons. The zero-order valence-electron chi connectivity index (χ0n) is 13.6. The fourth-order valence-electron chi connectivity index (χ4n) is 2.73. The second-order valence-electron chi connectivity index (χ2n) is 5.77. The summed E-state index contributed by atoms with van der Waals surface area (Å²) in [5.74, 6) is 0.595. The van der Waals surface area contributed by atoms with Crippen LogP contribution in [0.15, 0.2) is 29.8 Å². The van der Waals surface area contributed by atoms with Crippen molar-refractivity contribution in [1.82, 2.24) is 20.2 Å². The summed E-state index contributed by atoms with van der Waals surface area (Å²) >= 11 is 0. The van der Waals surface area contributed by atoms with Crippen molar-refractivity contribution in [2.45, 2.75) is 20.3 Å². The third kappa shape index (κ3) is 3.39. The molecule has 1 N–H and O–H groups in total. The van der Waals surface area contributed by atoms with Gasteiger partial charge in [0, 0.05) is 25.7 Å². The molecule has 0 saturated heterocycles. The molecule has 0 bridgehead atoms. The van der Waals surface area contributed by atoms with Crippen LogP contribution in [0.3, 0.4) is 0 Å². The smallest absolute Gasteiger partial charge is 0.266 e. The molecule has 1 aliphatic heterocycles. The van der Waals surface area contributed by atoms with Crippen LogP contribution in [0.2, 0.25) is 0 Å². The van der Waals surface area contributed by atoms with Crippen molar-refractivity contribution >= 4 is 23.1 Å². The van der Waals surface area contributed by atoms with Crippen molar-refractivity contribution in [3.63, 3.8) is 0 Å². The van der Waals surface area contributed by atoms with E-state index in [-0.39, 0.29) is 5.91 Å². The molecule has 7 heteroatoms. The Morgan fingerprint density at radius 1 is 1.26 bits per heavy atom. The topological polar surface area (TPSA) is 75.9 Å². The zero-order chi connectivity index (χ0) is 16.4. The quantitative estimate of drug-likeness (QED) is 0.936. The van der Waals surface area contributed by atoms with Gasteiger partial charge in [0.05, 0.1) is 7.05 Å². The molecule has 23 heavy (non-hydrogen) atoms. The van der Waals surface area contributed by atoms with E-state index in [4.69, 9.17) is 0 Å². The number of hydrogen-bond donors (Lipinski definition) is 1. The zero-order valence-corrected chi connectivity index (χ0v) is 13.6. The van der Waals surface area contributed by atoms with Crippen LogP contribution in [0.25, 0.3) is 5.57 Å². The van der Waals surface area contributed by atoms with Crippen LogP contribution in [0, 0.1) is 0 Å². The molecule has 0 saturated carbocycles. The molecular formula is C16H20N6O. The fraction of sp³-hybridized carbons (Fsp3) is 0.375. The number of tetrazole rings is 1. The van der Waals surface area contributed by atoms with Crippen molar-refractivity contribution in [3.05, 3.63) is 35.4 Å². The second-order valence-corrected chi connectivity index (χ2v) is 5.77. The van der Waals surface area contributed by atoms with E-state index in [1.165, 1.54) is 22.9 Å². The first kappa shape index (κ1) is 15.2. The van der Waals surface area contributed by atoms with E-state index in [1.807, 2.05) is 24.3 Å². The Balaban J connectivity index is 1.81. The molecule has 0 fully saturated rings. The first-order chi connectivity index (χ1) is 11.0. The molecule has 1 aromatic heterocycles. The standard InChI is InChI=1S/C16H20N6O/c1-11-8-9-22(16-18-20-21(3)19-16)10-15(11)13-4-6-14(7-5-13)17-12(2)23/h4-7H,8-10H2,1-3H3,(H,17,23). The molecule has 2 heterocycles. The summed E-state index contributed by atoms with van der Waals surface area (Å²) in [6.07, 6.45) is 0.973. The van der Waals surface area contributed by atoms with Crippen molar-refractivity contribution < 1.29 is 4.79 Å². The normalized spacial score (nSPS) is 15.0. The Labute approximate surface area is 135 Å². The van der Waals surface area contributed by atoms with Gasteiger partial charge in [-0.15, -0.1) is 5.10 Å². The van der Waals surface area contributed by atoms with Crippen LogP contribution < -0.4 is 10.2 Å². The number of amides is 1. The molecule has 1 aliphatic rings. The highest BCUT2D eigenvalue weighted by Crippen LogP contribution is 2.28. The molecule has 1 aromatic carbocycles. The van der Waals surface area contributed by atoms with Gasteiger partial charge >= 0.3 is 0 Å². The number of nitrogens with one attached hydrogen (secondary N) is 1. The molecule has 0 aliphatic carbocycles. The predicted molar refractivity (Wildman–Crippen MR) is 89.0 cm³/mol. The van der Waals surface area contributed by atoms with E-state index in [1.54, 1.807) is 7.05 Å². The Hall–Kier alpha value is -2.70. The van der Waals surface area contributed by atoms with Gasteiger partial charge in [0.2, 0.25) is 5.91 Å². The average molecular weight is 312 g/mol. The van der Waals surface area contributed by atoms with E-state index >= 15 is 0 Å². The van der Waals surface area contributed by atoms with E-state index in [2.05, 4.69) is 32.6 Å². The van der Waals surface area contributed by atoms with Gasteiger partial charge < -0.3 is 10.2 Å². The second kappa shape index (κ2) is 6.20. The third-order valence-corrected chi connectivity index (χ3v) is 3.96. The molecule has 0 atom stereocenters. The summed E-state index contributed by atoms with van der Waals surface area (Å²) < 4.78 is 0. The van der Waals surface area contributed by atoms with Gasteiger partial charge in [0.25, 0.3) is 5.95 Å². The number of nitrogens with zero attached hydrogens (tertiary/aromatic N) is 5. The van der Waals surface area contributed by atoms with Gasteiger partial charge in [-0.3, -0.25) is 4.79 Å². The summed E-state index contributed by atoms with van der Waals surface area (Å²) in [4.78, 5) is 14.7. The molecule has 0 radical (unpaired) electrons. The summed E-state index contributed by atoms with van der Waals surface area (Å²) in [5, 5.41) is 15.1. The molecule has 0 unspecified atom stereocenters. The van der Waals surface area contributed by atoms with Gasteiger partial charge in [0.15, 0.2) is 0 Å². The van der Waals surface area contributed by atoms with Gasteiger partial charge in [-0.1, -0.05) is 22.8 Å². The number of aryl methyl sites for hydroxylation is 1. The Kier molecular flexibility index (Phi) is 4.10. The van der Waals surface area contributed by atoms with Crippen LogP contribution in [0.5, 0.6) is 0 Å². The summed E-state index contributed by atoms with van der Waals surface area (Å²) in [7, 11) is 1.77. The fourth-order valence-corrected chi connectivity index (χ4v) is 2.73. The van der Waals surface area contributed by atoms with Gasteiger partial charge in [-0.2, -0.15) is 4.80 Å². The lowest BCUT2D eigenvalue weighted by Gasteiger charge is -2.29. The van der Waals surface area contributed by atoms with Crippen LogP contribution in [-0.4, -0.2) is 39.2 Å². The lowest BCUT2D eigenvalue weighted by Crippen LogP contribution is -2.31. The largest absolute Gasteiger partial charge is 0.334 e. The summed E-state index contributed by atoms with van der Waals surface area (Å²) in [6, 6.07) is 7.93. The number of carbonyl (C=O) groups excluding carboxylic acids is 1. The minimum absolute atomic E-state index is 0.0642. The van der Waals surface area contributed by atoms with Crippen LogP contribution in [-0.2, 0) is 11.8 Å². The average Bonchev–Trinajstić information content (AvgIpc) is 2.95. The highest BCUT2D eigenvalue weighted by molar-refractivity contribution is 5.89. The maximum atomic E-state index is 11.1. The number of anilines is 2. The highest BCUT2D eigenvalue weighted by Gasteiger charge is 2.21. The number of benzene rings is 1. The molecule has 2 aromatic rings. The Bertz CT molecular complexity index is 746. The Morgan fingerprint density at radius 2 is 2.00 bits per heavy atom. The van der Waals surface area contributed by atoms with Crippen LogP contribution >= 0.6 is 0 Å². The molecule has 7 nitrogen and oxygen atoms in total. The highest BCUT2D eigenvalue weighted by atomic mass is 16.1. The predicted octanol–water partition coefficient (Wildman–Crippen LogP) is 1.85. The van der Waals surface area contributed by atoms with Crippen molar-refractivity contribution in [2.24, 2.45) is 7.05 Å². The van der Waals surface area contributed by atoms with Gasteiger partial charge in [-0.05, 0) is 41.8 Å². The molecule has 1 amide bonds.